The van der Waals surface area contributed by atoms with Crippen molar-refractivity contribution in [1.82, 2.24) is 5.32 Å². The number of hydrogen-bond acceptors (Lipinski definition) is 6. The Hall–Kier alpha value is -1.60. The van der Waals surface area contributed by atoms with Gasteiger partial charge in [0.1, 0.15) is 10.6 Å². The number of nitrogens with one attached hydrogen (secondary N) is 1. The number of aliphatic hydroxyl groups is 1. The van der Waals surface area contributed by atoms with Gasteiger partial charge in [0, 0.05) is 0 Å². The van der Waals surface area contributed by atoms with Crippen molar-refractivity contribution in [1.29, 1.82) is 0 Å². The van der Waals surface area contributed by atoms with E-state index in [-0.39, 0.29) is 0 Å². The molecule has 1 amide bonds. The Morgan fingerprint density at radius 2 is 2.24 bits per heavy atom. The Bertz CT molecular complexity index is 403. The average molecular weight is 259 g/mol. The van der Waals surface area contributed by atoms with Gasteiger partial charge in [-0.1, -0.05) is 0 Å². The predicted octanol–water partition coefficient (Wildman–Crippen LogP) is 0.0204. The lowest BCUT2D eigenvalue weighted by Crippen LogP contribution is -2.43. The lowest BCUT2D eigenvalue weighted by Gasteiger charge is -2.13. The van der Waals surface area contributed by atoms with Gasteiger partial charge >= 0.3 is 5.97 Å². The first-order valence-electron chi connectivity index (χ1n) is 4.75. The lowest BCUT2D eigenvalue weighted by atomic mass is 10.3. The summed E-state index contributed by atoms with van der Waals surface area (Å²) in [5.74, 6) is -0.758. The van der Waals surface area contributed by atoms with Crippen molar-refractivity contribution in [2.24, 2.45) is 0 Å². The Morgan fingerprint density at radius 1 is 1.53 bits per heavy atom. The highest BCUT2D eigenvalue weighted by Crippen LogP contribution is 2.24. The Labute approximate surface area is 102 Å². The first kappa shape index (κ1) is 13.5. The van der Waals surface area contributed by atoms with E-state index in [2.05, 4.69) is 10.1 Å². The molecule has 0 bridgehead atoms. The van der Waals surface area contributed by atoms with Crippen LogP contribution in [0.25, 0.3) is 0 Å². The van der Waals surface area contributed by atoms with Crippen molar-refractivity contribution in [3.05, 3.63) is 16.3 Å². The van der Waals surface area contributed by atoms with Crippen LogP contribution < -0.4 is 10.1 Å². The molecule has 94 valence electrons. The summed E-state index contributed by atoms with van der Waals surface area (Å²) in [5.41, 5.74) is 0. The van der Waals surface area contributed by atoms with E-state index in [1.807, 2.05) is 0 Å². The van der Waals surface area contributed by atoms with Crippen molar-refractivity contribution in [3.8, 4) is 5.75 Å². The van der Waals surface area contributed by atoms with Crippen molar-refractivity contribution in [2.75, 3.05) is 20.8 Å². The first-order valence-corrected chi connectivity index (χ1v) is 5.63. The van der Waals surface area contributed by atoms with Crippen molar-refractivity contribution < 1.29 is 24.2 Å². The molecule has 0 aliphatic carbocycles. The number of thiophene rings is 1. The third-order valence-corrected chi connectivity index (χ3v) is 2.92. The average Bonchev–Trinajstić information content (AvgIpc) is 2.82. The summed E-state index contributed by atoms with van der Waals surface area (Å²) in [5, 5.41) is 13.0. The van der Waals surface area contributed by atoms with E-state index >= 15 is 0 Å². The molecule has 1 unspecified atom stereocenters. The molecule has 0 aliphatic heterocycles. The van der Waals surface area contributed by atoms with Gasteiger partial charge in [-0.05, 0) is 11.4 Å². The van der Waals surface area contributed by atoms with Gasteiger partial charge in [0.05, 0.1) is 20.8 Å². The van der Waals surface area contributed by atoms with Crippen LogP contribution in [0.2, 0.25) is 0 Å². The quantitative estimate of drug-likeness (QED) is 0.728. The van der Waals surface area contributed by atoms with E-state index in [1.54, 1.807) is 11.4 Å². The van der Waals surface area contributed by atoms with E-state index in [9.17, 15) is 9.59 Å². The summed E-state index contributed by atoms with van der Waals surface area (Å²) in [4.78, 5) is 23.3. The van der Waals surface area contributed by atoms with E-state index in [1.165, 1.54) is 25.6 Å². The van der Waals surface area contributed by atoms with Gasteiger partial charge in [-0.2, -0.15) is 0 Å². The smallest absolute Gasteiger partial charge is 0.330 e. The number of carbonyl (C=O) groups is 2. The van der Waals surface area contributed by atoms with Crippen LogP contribution in [0.4, 0.5) is 0 Å². The molecule has 0 aromatic carbocycles. The molecule has 6 nitrogen and oxygen atoms in total. The number of ether oxygens (including phenoxy) is 2. The third-order valence-electron chi connectivity index (χ3n) is 2.03. The fraction of sp³-hybridized carbons (Fsp3) is 0.400. The number of aliphatic hydroxyl groups excluding tert-OH is 1. The molecule has 0 fully saturated rings. The Morgan fingerprint density at radius 3 is 2.76 bits per heavy atom. The number of amides is 1. The highest BCUT2D eigenvalue weighted by Gasteiger charge is 2.23. The SMILES string of the molecule is COC(=O)C(CO)NC(=O)c1sccc1OC. The Kier molecular flexibility index (Phi) is 4.92. The number of hydrogen-bond donors (Lipinski definition) is 2. The molecule has 0 saturated heterocycles. The zero-order valence-electron chi connectivity index (χ0n) is 9.43. The van der Waals surface area contributed by atoms with E-state index in [0.29, 0.717) is 10.6 Å². The molecule has 1 rings (SSSR count). The predicted molar refractivity (Wildman–Crippen MR) is 61.2 cm³/mol. The second kappa shape index (κ2) is 6.21. The zero-order valence-corrected chi connectivity index (χ0v) is 10.2. The summed E-state index contributed by atoms with van der Waals surface area (Å²) in [6.45, 7) is -0.522. The van der Waals surface area contributed by atoms with Crippen LogP contribution in [0.15, 0.2) is 11.4 Å². The maximum Gasteiger partial charge on any atom is 0.330 e. The van der Waals surface area contributed by atoms with Gasteiger partial charge < -0.3 is 19.9 Å². The Balaban J connectivity index is 2.74. The van der Waals surface area contributed by atoms with Crippen LogP contribution in [0.1, 0.15) is 9.67 Å². The fourth-order valence-electron chi connectivity index (χ4n) is 1.17. The summed E-state index contributed by atoms with van der Waals surface area (Å²) >= 11 is 1.18. The van der Waals surface area contributed by atoms with Crippen LogP contribution in [-0.4, -0.2) is 43.9 Å². The molecule has 2 N–H and O–H groups in total. The molecule has 17 heavy (non-hydrogen) atoms. The lowest BCUT2D eigenvalue weighted by molar-refractivity contribution is -0.143. The van der Waals surface area contributed by atoms with Gasteiger partial charge in [0.25, 0.3) is 5.91 Å². The maximum atomic E-state index is 11.8. The summed E-state index contributed by atoms with van der Waals surface area (Å²) in [6.07, 6.45) is 0. The minimum Gasteiger partial charge on any atom is -0.495 e. The van der Waals surface area contributed by atoms with Crippen LogP contribution in [0.3, 0.4) is 0 Å². The molecule has 0 saturated carbocycles. The van der Waals surface area contributed by atoms with Gasteiger partial charge in [-0.3, -0.25) is 4.79 Å². The van der Waals surface area contributed by atoms with Crippen LogP contribution in [0, 0.1) is 0 Å². The molecule has 0 radical (unpaired) electrons. The molecule has 0 aliphatic rings. The second-order valence-electron chi connectivity index (χ2n) is 3.05. The molecular weight excluding hydrogens is 246 g/mol. The number of rotatable bonds is 5. The molecule has 1 atom stereocenters. The van der Waals surface area contributed by atoms with Crippen molar-refractivity contribution in [2.45, 2.75) is 6.04 Å². The standard InChI is InChI=1S/C10H13NO5S/c1-15-7-3-4-17-8(7)9(13)11-6(5-12)10(14)16-2/h3-4,6,12H,5H2,1-2H3,(H,11,13). The van der Waals surface area contributed by atoms with Gasteiger partial charge in [-0.25, -0.2) is 4.79 Å². The zero-order chi connectivity index (χ0) is 12.8. The molecular formula is C10H13NO5S. The molecule has 1 aromatic rings. The highest BCUT2D eigenvalue weighted by atomic mass is 32.1. The molecule has 1 aromatic heterocycles. The molecule has 1 heterocycles. The maximum absolute atomic E-state index is 11.8. The molecule has 7 heteroatoms. The number of carbonyl (C=O) groups excluding carboxylic acids is 2. The van der Waals surface area contributed by atoms with Crippen LogP contribution in [-0.2, 0) is 9.53 Å². The van der Waals surface area contributed by atoms with Crippen molar-refractivity contribution in [3.63, 3.8) is 0 Å². The normalized spacial score (nSPS) is 11.7. The van der Waals surface area contributed by atoms with Gasteiger partial charge in [0.15, 0.2) is 6.04 Å². The summed E-state index contributed by atoms with van der Waals surface area (Å²) < 4.78 is 9.42. The van der Waals surface area contributed by atoms with Crippen molar-refractivity contribution >= 4 is 23.2 Å². The van der Waals surface area contributed by atoms with E-state index < -0.39 is 24.5 Å². The summed E-state index contributed by atoms with van der Waals surface area (Å²) in [7, 11) is 2.63. The number of esters is 1. The summed E-state index contributed by atoms with van der Waals surface area (Å²) in [6, 6.07) is 0.574. The van der Waals surface area contributed by atoms with Gasteiger partial charge in [0.2, 0.25) is 0 Å². The van der Waals surface area contributed by atoms with E-state index in [4.69, 9.17) is 9.84 Å². The third kappa shape index (κ3) is 3.18. The second-order valence-corrected chi connectivity index (χ2v) is 3.97. The molecule has 0 spiro atoms. The largest absolute Gasteiger partial charge is 0.495 e. The fourth-order valence-corrected chi connectivity index (χ4v) is 1.93. The first-order chi connectivity index (χ1) is 8.13. The monoisotopic (exact) mass is 259 g/mol. The number of methoxy groups -OCH3 is 2. The topological polar surface area (TPSA) is 84.9 Å². The van der Waals surface area contributed by atoms with Crippen LogP contribution >= 0.6 is 11.3 Å². The van der Waals surface area contributed by atoms with E-state index in [0.717, 1.165) is 0 Å². The minimum atomic E-state index is -1.07. The minimum absolute atomic E-state index is 0.342. The highest BCUT2D eigenvalue weighted by molar-refractivity contribution is 7.12. The van der Waals surface area contributed by atoms with Gasteiger partial charge in [-0.15, -0.1) is 11.3 Å². The van der Waals surface area contributed by atoms with Crippen LogP contribution in [0.5, 0.6) is 5.75 Å².